The molecule has 1 aliphatic rings. The van der Waals surface area contributed by atoms with Gasteiger partial charge < -0.3 is 15.2 Å². The highest BCUT2D eigenvalue weighted by molar-refractivity contribution is 7.13. The van der Waals surface area contributed by atoms with Crippen LogP contribution in [-0.4, -0.2) is 40.0 Å². The lowest BCUT2D eigenvalue weighted by atomic mass is 10.0. The molecule has 0 spiro atoms. The third-order valence-electron chi connectivity index (χ3n) is 3.60. The molecule has 2 heterocycles. The van der Waals surface area contributed by atoms with Crippen LogP contribution in [0.15, 0.2) is 29.8 Å². The van der Waals surface area contributed by atoms with Crippen LogP contribution in [-0.2, 0) is 9.59 Å². The summed E-state index contributed by atoms with van der Waals surface area (Å²) >= 11 is 1.26. The molecule has 25 heavy (non-hydrogen) atoms. The SMILES string of the molecule is CC1(C)Oc2ccc(C(=O)O)cc2N(CC(=O)Nc2nccs2)C1=O. The van der Waals surface area contributed by atoms with E-state index in [1.807, 2.05) is 0 Å². The van der Waals surface area contributed by atoms with Gasteiger partial charge in [0.1, 0.15) is 12.3 Å². The van der Waals surface area contributed by atoms with E-state index in [0.717, 1.165) is 0 Å². The van der Waals surface area contributed by atoms with Crippen molar-refractivity contribution >= 4 is 39.9 Å². The summed E-state index contributed by atoms with van der Waals surface area (Å²) in [5.41, 5.74) is -0.919. The lowest BCUT2D eigenvalue weighted by molar-refractivity contribution is -0.133. The molecule has 0 aliphatic carbocycles. The average Bonchev–Trinajstić information content (AvgIpc) is 3.04. The highest BCUT2D eigenvalue weighted by Gasteiger charge is 2.41. The van der Waals surface area contributed by atoms with Crippen molar-refractivity contribution < 1.29 is 24.2 Å². The molecule has 0 saturated carbocycles. The topological polar surface area (TPSA) is 109 Å². The predicted molar refractivity (Wildman–Crippen MR) is 91.2 cm³/mol. The van der Waals surface area contributed by atoms with Gasteiger partial charge in [-0.3, -0.25) is 14.5 Å². The van der Waals surface area contributed by atoms with Crippen LogP contribution in [0.2, 0.25) is 0 Å². The first-order chi connectivity index (χ1) is 11.8. The first-order valence-corrected chi connectivity index (χ1v) is 8.23. The first kappa shape index (κ1) is 16.9. The Morgan fingerprint density at radius 3 is 2.80 bits per heavy atom. The molecule has 9 heteroatoms. The molecule has 2 amide bonds. The molecule has 1 aromatic carbocycles. The van der Waals surface area contributed by atoms with E-state index >= 15 is 0 Å². The Bertz CT molecular complexity index is 847. The molecule has 0 saturated heterocycles. The van der Waals surface area contributed by atoms with Gasteiger partial charge in [-0.05, 0) is 32.0 Å². The number of carboxylic acid groups (broad SMARTS) is 1. The molecule has 2 N–H and O–H groups in total. The number of benzene rings is 1. The summed E-state index contributed by atoms with van der Waals surface area (Å²) in [6, 6.07) is 4.20. The van der Waals surface area contributed by atoms with Crippen LogP contribution in [0.25, 0.3) is 0 Å². The second kappa shape index (κ2) is 6.17. The van der Waals surface area contributed by atoms with Crippen LogP contribution >= 0.6 is 11.3 Å². The molecular weight excluding hydrogens is 346 g/mol. The zero-order chi connectivity index (χ0) is 18.2. The third kappa shape index (κ3) is 3.31. The lowest BCUT2D eigenvalue weighted by Crippen LogP contribution is -2.54. The van der Waals surface area contributed by atoms with Crippen LogP contribution in [0, 0.1) is 0 Å². The average molecular weight is 361 g/mol. The van der Waals surface area contributed by atoms with Crippen LogP contribution in [0.5, 0.6) is 5.75 Å². The first-order valence-electron chi connectivity index (χ1n) is 7.35. The highest BCUT2D eigenvalue weighted by atomic mass is 32.1. The maximum Gasteiger partial charge on any atom is 0.335 e. The fraction of sp³-hybridized carbons (Fsp3) is 0.250. The van der Waals surface area contributed by atoms with Crippen molar-refractivity contribution in [2.24, 2.45) is 0 Å². The standard InChI is InChI=1S/C16H15N3O5S/c1-16(2)14(23)19(8-12(20)18-15-17-5-6-25-15)10-7-9(13(21)22)3-4-11(10)24-16/h3-7H,8H2,1-2H3,(H,21,22)(H,17,18,20). The normalized spacial score (nSPS) is 15.3. The number of aromatic nitrogens is 1. The zero-order valence-corrected chi connectivity index (χ0v) is 14.3. The van der Waals surface area contributed by atoms with Crippen LogP contribution in [0.1, 0.15) is 24.2 Å². The summed E-state index contributed by atoms with van der Waals surface area (Å²) in [6.07, 6.45) is 1.55. The summed E-state index contributed by atoms with van der Waals surface area (Å²) in [5, 5.41) is 13.9. The minimum atomic E-state index is -1.17. The van der Waals surface area contributed by atoms with Crippen molar-refractivity contribution in [3.8, 4) is 5.75 Å². The summed E-state index contributed by atoms with van der Waals surface area (Å²) in [6.45, 7) is 2.91. The van der Waals surface area contributed by atoms with Gasteiger partial charge in [0.25, 0.3) is 5.91 Å². The minimum absolute atomic E-state index is 0.000174. The minimum Gasteiger partial charge on any atom is -0.478 e. The molecule has 0 atom stereocenters. The van der Waals surface area contributed by atoms with Crippen molar-refractivity contribution in [2.45, 2.75) is 19.4 Å². The van der Waals surface area contributed by atoms with Gasteiger partial charge in [0.05, 0.1) is 11.3 Å². The third-order valence-corrected chi connectivity index (χ3v) is 4.29. The number of nitrogens with zero attached hydrogens (tertiary/aromatic N) is 2. The Morgan fingerprint density at radius 1 is 1.40 bits per heavy atom. The monoisotopic (exact) mass is 361 g/mol. The van der Waals surface area contributed by atoms with E-state index in [0.29, 0.717) is 10.9 Å². The number of amides is 2. The molecule has 2 aromatic rings. The largest absolute Gasteiger partial charge is 0.478 e. The van der Waals surface area contributed by atoms with Crippen molar-refractivity contribution in [3.63, 3.8) is 0 Å². The number of carbonyl (C=O) groups excluding carboxylic acids is 2. The lowest BCUT2D eigenvalue weighted by Gasteiger charge is -2.38. The molecule has 1 aliphatic heterocycles. The van der Waals surface area contributed by atoms with E-state index in [1.54, 1.807) is 25.4 Å². The number of nitrogens with one attached hydrogen (secondary N) is 1. The van der Waals surface area contributed by atoms with Gasteiger partial charge in [-0.1, -0.05) is 0 Å². The van der Waals surface area contributed by atoms with Gasteiger partial charge in [0.2, 0.25) is 5.91 Å². The second-order valence-electron chi connectivity index (χ2n) is 5.88. The van der Waals surface area contributed by atoms with Gasteiger partial charge in [-0.25, -0.2) is 9.78 Å². The van der Waals surface area contributed by atoms with Crippen LogP contribution < -0.4 is 15.0 Å². The van der Waals surface area contributed by atoms with Crippen molar-refractivity contribution in [2.75, 3.05) is 16.8 Å². The molecular formula is C16H15N3O5S. The van der Waals surface area contributed by atoms with E-state index in [-0.39, 0.29) is 17.8 Å². The van der Waals surface area contributed by atoms with Crippen molar-refractivity contribution in [1.82, 2.24) is 4.98 Å². The Balaban J connectivity index is 1.93. The molecule has 1 aromatic heterocycles. The number of hydrogen-bond acceptors (Lipinski definition) is 6. The van der Waals surface area contributed by atoms with Gasteiger partial charge >= 0.3 is 5.97 Å². The molecule has 8 nitrogen and oxygen atoms in total. The zero-order valence-electron chi connectivity index (χ0n) is 13.5. The Morgan fingerprint density at radius 2 is 2.16 bits per heavy atom. The molecule has 0 unspecified atom stereocenters. The number of carboxylic acids is 1. The number of rotatable bonds is 4. The van der Waals surface area contributed by atoms with E-state index in [4.69, 9.17) is 9.84 Å². The quantitative estimate of drug-likeness (QED) is 0.862. The van der Waals surface area contributed by atoms with Gasteiger partial charge in [-0.15, -0.1) is 11.3 Å². The Hall–Kier alpha value is -2.94. The number of hydrogen-bond donors (Lipinski definition) is 2. The van der Waals surface area contributed by atoms with Gasteiger partial charge in [0, 0.05) is 11.6 Å². The molecule has 0 bridgehead atoms. The maximum atomic E-state index is 12.7. The maximum absolute atomic E-state index is 12.7. The van der Waals surface area contributed by atoms with Crippen LogP contribution in [0.3, 0.4) is 0 Å². The van der Waals surface area contributed by atoms with E-state index in [2.05, 4.69) is 10.3 Å². The molecule has 0 fully saturated rings. The number of thiazole rings is 1. The molecule has 130 valence electrons. The van der Waals surface area contributed by atoms with Crippen molar-refractivity contribution in [3.05, 3.63) is 35.3 Å². The smallest absolute Gasteiger partial charge is 0.335 e. The van der Waals surface area contributed by atoms with Gasteiger partial charge in [0.15, 0.2) is 10.7 Å². The summed E-state index contributed by atoms with van der Waals surface area (Å²) in [7, 11) is 0. The highest BCUT2D eigenvalue weighted by Crippen LogP contribution is 2.38. The van der Waals surface area contributed by atoms with Crippen LogP contribution in [0.4, 0.5) is 10.8 Å². The second-order valence-corrected chi connectivity index (χ2v) is 6.77. The number of carbonyl (C=O) groups is 3. The van der Waals surface area contributed by atoms with Gasteiger partial charge in [-0.2, -0.15) is 0 Å². The fourth-order valence-electron chi connectivity index (χ4n) is 2.45. The number of anilines is 2. The van der Waals surface area contributed by atoms with E-state index < -0.39 is 23.4 Å². The number of aromatic carboxylic acids is 1. The Labute approximate surface area is 147 Å². The molecule has 3 rings (SSSR count). The fourth-order valence-corrected chi connectivity index (χ4v) is 2.99. The molecule has 0 radical (unpaired) electrons. The summed E-state index contributed by atoms with van der Waals surface area (Å²) in [5.74, 6) is -1.66. The summed E-state index contributed by atoms with van der Waals surface area (Å²) in [4.78, 5) is 41.4. The van der Waals surface area contributed by atoms with E-state index in [1.165, 1.54) is 34.4 Å². The Kier molecular flexibility index (Phi) is 4.17. The predicted octanol–water partition coefficient (Wildman–Crippen LogP) is 1.98. The number of fused-ring (bicyclic) bond motifs is 1. The summed E-state index contributed by atoms with van der Waals surface area (Å²) < 4.78 is 5.66. The van der Waals surface area contributed by atoms with Crippen molar-refractivity contribution in [1.29, 1.82) is 0 Å². The van der Waals surface area contributed by atoms with E-state index in [9.17, 15) is 14.4 Å². The number of ether oxygens (including phenoxy) is 1.